The Morgan fingerprint density at radius 1 is 1.32 bits per heavy atom. The summed E-state index contributed by atoms with van der Waals surface area (Å²) < 4.78 is 56.0. The molecule has 0 radical (unpaired) electrons. The fraction of sp³-hybridized carbons (Fsp3) is 0.238. The predicted octanol–water partition coefficient (Wildman–Crippen LogP) is 3.46. The third-order valence-electron chi connectivity index (χ3n) is 5.55. The molecule has 0 aliphatic carbocycles. The molecule has 2 N–H and O–H groups in total. The molecule has 10 nitrogen and oxygen atoms in total. The molecule has 0 bridgehead atoms. The van der Waals surface area contributed by atoms with Gasteiger partial charge in [0.15, 0.2) is 0 Å². The average Bonchev–Trinajstić information content (AvgIpc) is 3.51. The average molecular weight is 488 g/mol. The number of nitrogens with one attached hydrogen (secondary N) is 1. The molecule has 0 spiro atoms. The molecular formula is C21H18F2N6O4S. The summed E-state index contributed by atoms with van der Waals surface area (Å²) >= 11 is -2.62. The van der Waals surface area contributed by atoms with Crippen LogP contribution in [0.25, 0.3) is 17.0 Å². The molecule has 1 aliphatic heterocycles. The van der Waals surface area contributed by atoms with E-state index in [9.17, 15) is 22.3 Å². The van der Waals surface area contributed by atoms with Gasteiger partial charge in [-0.25, -0.2) is 18.0 Å². The lowest BCUT2D eigenvalue weighted by atomic mass is 10.1. The second kappa shape index (κ2) is 8.34. The summed E-state index contributed by atoms with van der Waals surface area (Å²) in [6, 6.07) is 9.27. The number of hydrogen-bond acceptors (Lipinski definition) is 6. The summed E-state index contributed by atoms with van der Waals surface area (Å²) in [5.74, 6) is -3.62. The number of aromatic nitrogens is 4. The Morgan fingerprint density at radius 2 is 2.15 bits per heavy atom. The monoisotopic (exact) mass is 488 g/mol. The maximum atomic E-state index is 13.8. The molecule has 0 saturated carbocycles. The lowest BCUT2D eigenvalue weighted by molar-refractivity contribution is 0.0165. The van der Waals surface area contributed by atoms with E-state index >= 15 is 0 Å². The number of imidazole rings is 1. The van der Waals surface area contributed by atoms with E-state index in [0.29, 0.717) is 26.9 Å². The number of pyridine rings is 1. The van der Waals surface area contributed by atoms with Crippen LogP contribution < -0.4 is 5.32 Å². The van der Waals surface area contributed by atoms with Gasteiger partial charge in [-0.3, -0.25) is 13.7 Å². The number of nitrogens with zero attached hydrogens (tertiary/aromatic N) is 5. The molecule has 1 unspecified atom stereocenters. The molecule has 1 saturated heterocycles. The van der Waals surface area contributed by atoms with Crippen LogP contribution in [-0.2, 0) is 11.3 Å². The fourth-order valence-corrected chi connectivity index (χ4v) is 4.51. The van der Waals surface area contributed by atoms with E-state index in [4.69, 9.17) is 4.52 Å². The molecule has 4 aromatic rings. The van der Waals surface area contributed by atoms with Crippen molar-refractivity contribution in [3.63, 3.8) is 0 Å². The lowest BCUT2D eigenvalue weighted by Crippen LogP contribution is -2.28. The Morgan fingerprint density at radius 3 is 2.94 bits per heavy atom. The highest BCUT2D eigenvalue weighted by molar-refractivity contribution is 7.76. The fourth-order valence-electron chi connectivity index (χ4n) is 3.83. The van der Waals surface area contributed by atoms with Crippen molar-refractivity contribution >= 4 is 28.5 Å². The second-order valence-corrected chi connectivity index (χ2v) is 8.82. The van der Waals surface area contributed by atoms with Crippen LogP contribution in [0.2, 0.25) is 0 Å². The summed E-state index contributed by atoms with van der Waals surface area (Å²) in [6.07, 6.45) is 2.50. The van der Waals surface area contributed by atoms with Crippen molar-refractivity contribution in [2.75, 3.05) is 11.9 Å². The number of rotatable bonds is 5. The topological polar surface area (TPSA) is 126 Å². The van der Waals surface area contributed by atoms with Crippen LogP contribution in [0.4, 0.5) is 14.5 Å². The van der Waals surface area contributed by atoms with Gasteiger partial charge in [0.25, 0.3) is 11.8 Å². The first-order chi connectivity index (χ1) is 16.2. The number of hydrogen-bond donors (Lipinski definition) is 2. The highest BCUT2D eigenvalue weighted by atomic mass is 32.2. The van der Waals surface area contributed by atoms with E-state index in [-0.39, 0.29) is 17.6 Å². The molecule has 2 atom stereocenters. The number of halogens is 2. The Kier molecular flexibility index (Phi) is 5.46. The number of amides is 1. The van der Waals surface area contributed by atoms with Gasteiger partial charge in [-0.05, 0) is 30.7 Å². The summed E-state index contributed by atoms with van der Waals surface area (Å²) in [6.45, 7) is 0.924. The maximum absolute atomic E-state index is 13.8. The van der Waals surface area contributed by atoms with Crippen LogP contribution in [0, 0.1) is 6.92 Å². The van der Waals surface area contributed by atoms with Crippen LogP contribution in [0.5, 0.6) is 0 Å². The van der Waals surface area contributed by atoms with Crippen LogP contribution in [0.3, 0.4) is 0 Å². The number of fused-ring (bicyclic) bond motifs is 1. The molecule has 3 aromatic heterocycles. The number of carbonyl (C=O) groups is 1. The van der Waals surface area contributed by atoms with Crippen molar-refractivity contribution in [1.29, 1.82) is 0 Å². The largest absolute Gasteiger partial charge is 0.337 e. The number of anilines is 1. The first-order valence-electron chi connectivity index (χ1n) is 10.2. The molecule has 1 aliphatic rings. The summed E-state index contributed by atoms with van der Waals surface area (Å²) in [4.78, 5) is 21.3. The zero-order chi connectivity index (χ0) is 24.0. The zero-order valence-corrected chi connectivity index (χ0v) is 18.5. The molecule has 34 heavy (non-hydrogen) atoms. The van der Waals surface area contributed by atoms with Crippen molar-refractivity contribution in [3.05, 3.63) is 65.9 Å². The van der Waals surface area contributed by atoms with Gasteiger partial charge in [-0.1, -0.05) is 23.4 Å². The Labute approximate surface area is 194 Å². The Balaban J connectivity index is 1.41. The van der Waals surface area contributed by atoms with Crippen LogP contribution in [0.1, 0.15) is 34.4 Å². The Bertz CT molecular complexity index is 1420. The van der Waals surface area contributed by atoms with Crippen LogP contribution >= 0.6 is 0 Å². The van der Waals surface area contributed by atoms with E-state index in [1.807, 2.05) is 13.0 Å². The predicted molar refractivity (Wildman–Crippen MR) is 117 cm³/mol. The highest BCUT2D eigenvalue weighted by Gasteiger charge is 2.50. The van der Waals surface area contributed by atoms with Crippen LogP contribution in [0.15, 0.2) is 53.3 Å². The number of carbonyl (C=O) groups excluding carboxylic acids is 1. The van der Waals surface area contributed by atoms with E-state index in [2.05, 4.69) is 20.4 Å². The number of benzene rings is 1. The third kappa shape index (κ3) is 4.08. The first-order valence-corrected chi connectivity index (χ1v) is 11.2. The quantitative estimate of drug-likeness (QED) is 0.412. The smallest absolute Gasteiger partial charge is 0.274 e. The molecule has 4 heterocycles. The SMILES string of the molecule is Cc1ccc(-c2noc([C@@H]3CC(F)(F)CN3S(=O)O)n2)cc1NC(=O)c1cnc2ccccn12. The minimum absolute atomic E-state index is 0.0965. The summed E-state index contributed by atoms with van der Waals surface area (Å²) in [5, 5.41) is 6.69. The van der Waals surface area contributed by atoms with E-state index in [1.54, 1.807) is 40.9 Å². The van der Waals surface area contributed by atoms with Gasteiger partial charge in [0.2, 0.25) is 23.0 Å². The van der Waals surface area contributed by atoms with Gasteiger partial charge in [0.05, 0.1) is 12.7 Å². The van der Waals surface area contributed by atoms with E-state index in [0.717, 1.165) is 5.56 Å². The summed E-state index contributed by atoms with van der Waals surface area (Å²) in [7, 11) is 0. The van der Waals surface area contributed by atoms with Crippen molar-refractivity contribution in [2.45, 2.75) is 25.3 Å². The van der Waals surface area contributed by atoms with E-state index < -0.39 is 36.2 Å². The Hall–Kier alpha value is -3.55. The van der Waals surface area contributed by atoms with Gasteiger partial charge in [0, 0.05) is 23.9 Å². The van der Waals surface area contributed by atoms with Gasteiger partial charge in [0.1, 0.15) is 17.4 Å². The molecule has 1 fully saturated rings. The van der Waals surface area contributed by atoms with Gasteiger partial charge in [-0.15, -0.1) is 0 Å². The lowest BCUT2D eigenvalue weighted by Gasteiger charge is -2.14. The maximum Gasteiger partial charge on any atom is 0.274 e. The molecule has 176 valence electrons. The van der Waals surface area contributed by atoms with Crippen LogP contribution in [-0.4, -0.2) is 51.0 Å². The zero-order valence-electron chi connectivity index (χ0n) is 17.7. The van der Waals surface area contributed by atoms with Gasteiger partial charge in [-0.2, -0.15) is 9.29 Å². The molecular weight excluding hydrogens is 470 g/mol. The van der Waals surface area contributed by atoms with Crippen molar-refractivity contribution in [3.8, 4) is 11.4 Å². The van der Waals surface area contributed by atoms with Gasteiger partial charge >= 0.3 is 0 Å². The standard InChI is InChI=1S/C21H18F2N6O4S/c1-12-5-6-13(8-14(12)25-19(30)16-10-24-17-4-2-3-7-28(16)17)18-26-20(33-27-18)15-9-21(22,23)11-29(15)34(31)32/h2-8,10,15H,9,11H2,1H3,(H,25,30)(H,31,32)/t15-/m0/s1. The molecule has 5 rings (SSSR count). The molecule has 1 amide bonds. The molecule has 1 aromatic carbocycles. The second-order valence-electron chi connectivity index (χ2n) is 7.89. The minimum Gasteiger partial charge on any atom is -0.337 e. The highest BCUT2D eigenvalue weighted by Crippen LogP contribution is 2.41. The normalized spacial score (nSPS) is 18.9. The van der Waals surface area contributed by atoms with E-state index in [1.165, 1.54) is 6.20 Å². The van der Waals surface area contributed by atoms with Crippen molar-refractivity contribution in [2.24, 2.45) is 0 Å². The third-order valence-corrected chi connectivity index (χ3v) is 6.33. The van der Waals surface area contributed by atoms with Gasteiger partial charge < -0.3 is 9.84 Å². The number of aryl methyl sites for hydroxylation is 1. The minimum atomic E-state index is -3.16. The van der Waals surface area contributed by atoms with Crippen molar-refractivity contribution < 1.29 is 26.9 Å². The number of alkyl halides is 2. The first kappa shape index (κ1) is 22.3. The van der Waals surface area contributed by atoms with Crippen molar-refractivity contribution in [1.82, 2.24) is 23.8 Å². The summed E-state index contributed by atoms with van der Waals surface area (Å²) in [5.41, 5.74) is 2.71. The molecule has 13 heteroatoms.